The fourth-order valence-electron chi connectivity index (χ4n) is 1.83. The molecule has 2 aromatic rings. The number of hydrogen-bond acceptors (Lipinski definition) is 2. The molecular formula is C15H16FNO2. The second-order valence-electron chi connectivity index (χ2n) is 4.53. The highest BCUT2D eigenvalue weighted by atomic mass is 19.1. The highest BCUT2D eigenvalue weighted by molar-refractivity contribution is 5.78. The summed E-state index contributed by atoms with van der Waals surface area (Å²) < 4.78 is 17.9. The van der Waals surface area contributed by atoms with E-state index in [0.29, 0.717) is 13.0 Å². The Morgan fingerprint density at radius 3 is 2.68 bits per heavy atom. The van der Waals surface area contributed by atoms with Gasteiger partial charge < -0.3 is 9.73 Å². The maximum absolute atomic E-state index is 12.8. The van der Waals surface area contributed by atoms with Gasteiger partial charge in [-0.2, -0.15) is 0 Å². The van der Waals surface area contributed by atoms with Crippen molar-refractivity contribution in [3.63, 3.8) is 0 Å². The lowest BCUT2D eigenvalue weighted by atomic mass is 10.0. The molecule has 1 heterocycles. The topological polar surface area (TPSA) is 42.2 Å². The third kappa shape index (κ3) is 3.95. The van der Waals surface area contributed by atoms with Crippen molar-refractivity contribution in [3.05, 3.63) is 59.8 Å². The van der Waals surface area contributed by atoms with Crippen LogP contribution in [0.3, 0.4) is 0 Å². The van der Waals surface area contributed by atoms with Gasteiger partial charge in [0.1, 0.15) is 11.6 Å². The fourth-order valence-corrected chi connectivity index (χ4v) is 1.83. The van der Waals surface area contributed by atoms with E-state index < -0.39 is 0 Å². The van der Waals surface area contributed by atoms with Crippen LogP contribution in [-0.4, -0.2) is 5.91 Å². The molecule has 0 spiro atoms. The Labute approximate surface area is 111 Å². The lowest BCUT2D eigenvalue weighted by Crippen LogP contribution is -2.29. The van der Waals surface area contributed by atoms with E-state index in [0.717, 1.165) is 11.3 Å². The van der Waals surface area contributed by atoms with Crippen molar-refractivity contribution in [2.24, 2.45) is 5.92 Å². The highest BCUT2D eigenvalue weighted by Crippen LogP contribution is 2.10. The van der Waals surface area contributed by atoms with Gasteiger partial charge in [0.2, 0.25) is 5.91 Å². The smallest absolute Gasteiger partial charge is 0.223 e. The second-order valence-corrected chi connectivity index (χ2v) is 4.53. The molecule has 0 aliphatic carbocycles. The molecular weight excluding hydrogens is 245 g/mol. The Hall–Kier alpha value is -2.10. The van der Waals surface area contributed by atoms with Gasteiger partial charge in [-0.05, 0) is 36.2 Å². The summed E-state index contributed by atoms with van der Waals surface area (Å²) in [5.41, 5.74) is 0.946. The van der Waals surface area contributed by atoms with Crippen LogP contribution < -0.4 is 5.32 Å². The van der Waals surface area contributed by atoms with Crippen molar-refractivity contribution in [1.82, 2.24) is 5.32 Å². The zero-order chi connectivity index (χ0) is 13.7. The van der Waals surface area contributed by atoms with Crippen molar-refractivity contribution in [2.45, 2.75) is 19.9 Å². The van der Waals surface area contributed by atoms with Gasteiger partial charge >= 0.3 is 0 Å². The molecule has 1 aromatic heterocycles. The van der Waals surface area contributed by atoms with E-state index in [1.54, 1.807) is 24.5 Å². The van der Waals surface area contributed by atoms with Gasteiger partial charge in [0, 0.05) is 5.92 Å². The number of hydrogen-bond donors (Lipinski definition) is 1. The van der Waals surface area contributed by atoms with Gasteiger partial charge in [-0.15, -0.1) is 0 Å². The molecule has 0 aliphatic heterocycles. The maximum atomic E-state index is 12.8. The molecule has 1 atom stereocenters. The number of carbonyl (C=O) groups excluding carboxylic acids is 1. The molecule has 3 nitrogen and oxygen atoms in total. The molecule has 19 heavy (non-hydrogen) atoms. The molecule has 0 saturated carbocycles. The first kappa shape index (κ1) is 13.3. The minimum absolute atomic E-state index is 0.0410. The fraction of sp³-hybridized carbons (Fsp3) is 0.267. The summed E-state index contributed by atoms with van der Waals surface area (Å²) in [7, 11) is 0. The quantitative estimate of drug-likeness (QED) is 0.899. The minimum Gasteiger partial charge on any atom is -0.467 e. The van der Waals surface area contributed by atoms with E-state index in [2.05, 4.69) is 5.32 Å². The van der Waals surface area contributed by atoms with Crippen LogP contribution in [0, 0.1) is 11.7 Å². The second kappa shape index (κ2) is 6.18. The molecule has 0 radical (unpaired) electrons. The lowest BCUT2D eigenvalue weighted by molar-refractivity contribution is -0.124. The van der Waals surface area contributed by atoms with E-state index in [1.807, 2.05) is 13.0 Å². The number of benzene rings is 1. The molecule has 4 heteroatoms. The van der Waals surface area contributed by atoms with Crippen molar-refractivity contribution in [1.29, 1.82) is 0 Å². The number of rotatable bonds is 5. The van der Waals surface area contributed by atoms with E-state index in [-0.39, 0.29) is 17.6 Å². The van der Waals surface area contributed by atoms with E-state index in [4.69, 9.17) is 4.42 Å². The standard InChI is InChI=1S/C15H16FNO2/c1-11(9-12-4-6-13(16)7-5-12)15(18)17-10-14-3-2-8-19-14/h2-8,11H,9-10H2,1H3,(H,17,18). The normalized spacial score (nSPS) is 12.1. The molecule has 1 amide bonds. The highest BCUT2D eigenvalue weighted by Gasteiger charge is 2.13. The largest absolute Gasteiger partial charge is 0.467 e. The molecule has 1 aromatic carbocycles. The Morgan fingerprint density at radius 2 is 2.05 bits per heavy atom. The third-order valence-corrected chi connectivity index (χ3v) is 2.92. The summed E-state index contributed by atoms with van der Waals surface area (Å²) in [6.07, 6.45) is 2.16. The maximum Gasteiger partial charge on any atom is 0.223 e. The van der Waals surface area contributed by atoms with Gasteiger partial charge in [0.05, 0.1) is 12.8 Å². The van der Waals surface area contributed by atoms with Crippen molar-refractivity contribution in [3.8, 4) is 0 Å². The number of halogens is 1. The molecule has 0 fully saturated rings. The van der Waals surface area contributed by atoms with Gasteiger partial charge in [-0.1, -0.05) is 19.1 Å². The van der Waals surface area contributed by atoms with Gasteiger partial charge in [-0.25, -0.2) is 4.39 Å². The zero-order valence-corrected chi connectivity index (χ0v) is 10.7. The van der Waals surface area contributed by atoms with Gasteiger partial charge in [0.25, 0.3) is 0 Å². The predicted molar refractivity (Wildman–Crippen MR) is 69.8 cm³/mol. The van der Waals surface area contributed by atoms with Crippen LogP contribution in [0.25, 0.3) is 0 Å². The van der Waals surface area contributed by atoms with Crippen LogP contribution in [-0.2, 0) is 17.8 Å². The van der Waals surface area contributed by atoms with Crippen molar-refractivity contribution >= 4 is 5.91 Å². The zero-order valence-electron chi connectivity index (χ0n) is 10.7. The first-order valence-electron chi connectivity index (χ1n) is 6.19. The van der Waals surface area contributed by atoms with Crippen molar-refractivity contribution < 1.29 is 13.6 Å². The SMILES string of the molecule is CC(Cc1ccc(F)cc1)C(=O)NCc1ccco1. The summed E-state index contributed by atoms with van der Waals surface area (Å²) >= 11 is 0. The average molecular weight is 261 g/mol. The molecule has 0 bridgehead atoms. The van der Waals surface area contributed by atoms with Crippen LogP contribution in [0.1, 0.15) is 18.2 Å². The van der Waals surface area contributed by atoms with E-state index in [9.17, 15) is 9.18 Å². The summed E-state index contributed by atoms with van der Waals surface area (Å²) in [4.78, 5) is 11.9. The van der Waals surface area contributed by atoms with Crippen LogP contribution in [0.15, 0.2) is 47.1 Å². The minimum atomic E-state index is -0.265. The molecule has 100 valence electrons. The number of nitrogens with one attached hydrogen (secondary N) is 1. The van der Waals surface area contributed by atoms with Crippen molar-refractivity contribution in [2.75, 3.05) is 0 Å². The Kier molecular flexibility index (Phi) is 4.34. The van der Waals surface area contributed by atoms with E-state index >= 15 is 0 Å². The first-order chi connectivity index (χ1) is 9.15. The van der Waals surface area contributed by atoms with Crippen LogP contribution in [0.5, 0.6) is 0 Å². The molecule has 0 saturated heterocycles. The Bertz CT molecular complexity index is 520. The molecule has 1 unspecified atom stereocenters. The number of carbonyl (C=O) groups is 1. The Morgan fingerprint density at radius 1 is 1.32 bits per heavy atom. The van der Waals surface area contributed by atoms with Crippen LogP contribution >= 0.6 is 0 Å². The summed E-state index contributed by atoms with van der Waals surface area (Å²) in [6, 6.07) is 9.80. The predicted octanol–water partition coefficient (Wildman–Crippen LogP) is 2.91. The number of furan rings is 1. The summed E-state index contributed by atoms with van der Waals surface area (Å²) in [6.45, 7) is 2.24. The molecule has 0 aliphatic rings. The van der Waals surface area contributed by atoms with Gasteiger partial charge in [-0.3, -0.25) is 4.79 Å². The van der Waals surface area contributed by atoms with Gasteiger partial charge in [0.15, 0.2) is 0 Å². The monoisotopic (exact) mass is 261 g/mol. The number of amides is 1. The lowest BCUT2D eigenvalue weighted by Gasteiger charge is -2.11. The average Bonchev–Trinajstić information content (AvgIpc) is 2.91. The van der Waals surface area contributed by atoms with Crippen LogP contribution in [0.2, 0.25) is 0 Å². The molecule has 2 rings (SSSR count). The van der Waals surface area contributed by atoms with Crippen LogP contribution in [0.4, 0.5) is 4.39 Å². The molecule has 1 N–H and O–H groups in total. The Balaban J connectivity index is 1.83. The third-order valence-electron chi connectivity index (χ3n) is 2.92. The first-order valence-corrected chi connectivity index (χ1v) is 6.19. The summed E-state index contributed by atoms with van der Waals surface area (Å²) in [5, 5.41) is 2.81. The van der Waals surface area contributed by atoms with E-state index in [1.165, 1.54) is 12.1 Å². The summed E-state index contributed by atoms with van der Waals surface area (Å²) in [5.74, 6) is 0.252.